The molecule has 1 aliphatic rings. The minimum atomic E-state index is -0.551. The summed E-state index contributed by atoms with van der Waals surface area (Å²) in [5.74, 6) is 0.939. The molecule has 7 nitrogen and oxygen atoms in total. The fourth-order valence-corrected chi connectivity index (χ4v) is 3.10. The topological polar surface area (TPSA) is 85.9 Å². The van der Waals surface area contributed by atoms with E-state index in [0.29, 0.717) is 28.4 Å². The van der Waals surface area contributed by atoms with E-state index in [0.717, 1.165) is 25.7 Å². The van der Waals surface area contributed by atoms with Crippen LogP contribution in [-0.2, 0) is 4.74 Å². The molecule has 2 aromatic carbocycles. The van der Waals surface area contributed by atoms with Crippen LogP contribution in [0.1, 0.15) is 36.0 Å². The van der Waals surface area contributed by atoms with Gasteiger partial charge in [0.05, 0.1) is 20.3 Å². The summed E-state index contributed by atoms with van der Waals surface area (Å²) < 4.78 is 15.9. The Balaban J connectivity index is 1.68. The molecule has 0 spiro atoms. The van der Waals surface area contributed by atoms with E-state index >= 15 is 0 Å². The van der Waals surface area contributed by atoms with Gasteiger partial charge in [-0.3, -0.25) is 10.1 Å². The number of benzene rings is 2. The summed E-state index contributed by atoms with van der Waals surface area (Å²) in [6.07, 6.45) is 3.98. The van der Waals surface area contributed by atoms with Crippen molar-refractivity contribution in [1.29, 1.82) is 0 Å². The van der Waals surface area contributed by atoms with Crippen molar-refractivity contribution in [3.63, 3.8) is 0 Å². The lowest BCUT2D eigenvalue weighted by atomic mass is 10.1. The molecule has 2 N–H and O–H groups in total. The van der Waals surface area contributed by atoms with E-state index in [1.807, 2.05) is 0 Å². The van der Waals surface area contributed by atoms with Crippen molar-refractivity contribution >= 4 is 23.4 Å². The molecule has 0 heterocycles. The molecule has 7 heteroatoms. The quantitative estimate of drug-likeness (QED) is 0.769. The minimum absolute atomic E-state index is 0.169. The van der Waals surface area contributed by atoms with Gasteiger partial charge in [0, 0.05) is 16.9 Å². The zero-order valence-electron chi connectivity index (χ0n) is 16.0. The number of hydrogen-bond donors (Lipinski definition) is 2. The lowest BCUT2D eigenvalue weighted by molar-refractivity contribution is 0.102. The highest BCUT2D eigenvalue weighted by Gasteiger charge is 2.19. The largest absolute Gasteiger partial charge is 0.493 e. The van der Waals surface area contributed by atoms with Crippen LogP contribution in [0.2, 0.25) is 0 Å². The summed E-state index contributed by atoms with van der Waals surface area (Å²) in [5.41, 5.74) is 1.65. The Morgan fingerprint density at radius 1 is 0.893 bits per heavy atom. The molecule has 0 saturated heterocycles. The number of methoxy groups -OCH3 is 2. The number of carbonyl (C=O) groups excluding carboxylic acids is 2. The Hall–Kier alpha value is -3.22. The second-order valence-corrected chi connectivity index (χ2v) is 6.54. The number of carbonyl (C=O) groups is 2. The zero-order valence-corrected chi connectivity index (χ0v) is 16.0. The van der Waals surface area contributed by atoms with E-state index < -0.39 is 6.09 Å². The van der Waals surface area contributed by atoms with Gasteiger partial charge in [-0.05, 0) is 68.1 Å². The minimum Gasteiger partial charge on any atom is -0.493 e. The molecule has 3 rings (SSSR count). The lowest BCUT2D eigenvalue weighted by Crippen LogP contribution is -2.15. The predicted molar refractivity (Wildman–Crippen MR) is 106 cm³/mol. The maximum atomic E-state index is 12.6. The molecule has 2 aromatic rings. The molecule has 28 heavy (non-hydrogen) atoms. The molecule has 1 fully saturated rings. The summed E-state index contributed by atoms with van der Waals surface area (Å²) in [5, 5.41) is 5.39. The van der Waals surface area contributed by atoms with E-state index in [1.54, 1.807) is 49.6 Å². The molecule has 0 aromatic heterocycles. The van der Waals surface area contributed by atoms with E-state index in [1.165, 1.54) is 7.11 Å². The predicted octanol–water partition coefficient (Wildman–Crippen LogP) is 4.45. The first-order valence-electron chi connectivity index (χ1n) is 9.20. The second-order valence-electron chi connectivity index (χ2n) is 6.54. The average molecular weight is 384 g/mol. The van der Waals surface area contributed by atoms with Gasteiger partial charge in [0.2, 0.25) is 0 Å². The van der Waals surface area contributed by atoms with Gasteiger partial charge in [-0.25, -0.2) is 4.79 Å². The van der Waals surface area contributed by atoms with Gasteiger partial charge in [0.15, 0.2) is 11.5 Å². The van der Waals surface area contributed by atoms with Crippen molar-refractivity contribution in [2.45, 2.75) is 31.8 Å². The number of anilines is 2. The molecule has 0 aliphatic heterocycles. The monoisotopic (exact) mass is 384 g/mol. The van der Waals surface area contributed by atoms with Crippen LogP contribution >= 0.6 is 0 Å². The maximum Gasteiger partial charge on any atom is 0.411 e. The van der Waals surface area contributed by atoms with E-state index in [2.05, 4.69) is 15.4 Å². The number of amides is 2. The summed E-state index contributed by atoms with van der Waals surface area (Å²) in [6.45, 7) is 0. The van der Waals surface area contributed by atoms with Gasteiger partial charge in [-0.1, -0.05) is 0 Å². The first-order chi connectivity index (χ1) is 13.6. The molecule has 1 saturated carbocycles. The van der Waals surface area contributed by atoms with E-state index in [4.69, 9.17) is 9.47 Å². The van der Waals surface area contributed by atoms with E-state index in [9.17, 15) is 9.59 Å². The van der Waals surface area contributed by atoms with Crippen LogP contribution in [0.25, 0.3) is 0 Å². The van der Waals surface area contributed by atoms with Gasteiger partial charge in [0.25, 0.3) is 5.91 Å². The van der Waals surface area contributed by atoms with Gasteiger partial charge in [-0.15, -0.1) is 0 Å². The molecule has 1 aliphatic carbocycles. The summed E-state index contributed by atoms with van der Waals surface area (Å²) in [7, 11) is 2.88. The molecular weight excluding hydrogens is 360 g/mol. The molecule has 0 unspecified atom stereocenters. The fraction of sp³-hybridized carbons (Fsp3) is 0.333. The standard InChI is InChI=1S/C21H24N2O5/c1-26-18-12-7-14(13-19(18)28-17-5-3-4-6-17)20(24)22-15-8-10-16(11-9-15)23-21(25)27-2/h7-13,17H,3-6H2,1-2H3,(H,22,24)(H,23,25). The Labute approximate surface area is 164 Å². The number of rotatable bonds is 6. The van der Waals surface area contributed by atoms with Crippen LogP contribution in [0.5, 0.6) is 11.5 Å². The first kappa shape index (κ1) is 19.5. The average Bonchev–Trinajstić information content (AvgIpc) is 3.22. The molecular formula is C21H24N2O5. The number of ether oxygens (including phenoxy) is 3. The van der Waals surface area contributed by atoms with Crippen molar-refractivity contribution in [3.8, 4) is 11.5 Å². The SMILES string of the molecule is COC(=O)Nc1ccc(NC(=O)c2ccc(OC)c(OC3CCCC3)c2)cc1. The van der Waals surface area contributed by atoms with Crippen LogP contribution in [0, 0.1) is 0 Å². The zero-order chi connectivity index (χ0) is 19.9. The van der Waals surface area contributed by atoms with Crippen LogP contribution < -0.4 is 20.1 Å². The Kier molecular flexibility index (Phi) is 6.37. The third kappa shape index (κ3) is 4.94. The van der Waals surface area contributed by atoms with Crippen LogP contribution in [0.4, 0.5) is 16.2 Å². The highest BCUT2D eigenvalue weighted by Crippen LogP contribution is 2.32. The van der Waals surface area contributed by atoms with Gasteiger partial charge in [-0.2, -0.15) is 0 Å². The molecule has 148 valence electrons. The number of hydrogen-bond acceptors (Lipinski definition) is 5. The van der Waals surface area contributed by atoms with Gasteiger partial charge >= 0.3 is 6.09 Å². The highest BCUT2D eigenvalue weighted by molar-refractivity contribution is 6.04. The number of nitrogens with one attached hydrogen (secondary N) is 2. The summed E-state index contributed by atoms with van der Waals surface area (Å²) in [6, 6.07) is 11.9. The second kappa shape index (κ2) is 9.12. The summed E-state index contributed by atoms with van der Waals surface area (Å²) >= 11 is 0. The Morgan fingerprint density at radius 3 is 2.14 bits per heavy atom. The fourth-order valence-electron chi connectivity index (χ4n) is 3.10. The van der Waals surface area contributed by atoms with E-state index in [-0.39, 0.29) is 12.0 Å². The van der Waals surface area contributed by atoms with Gasteiger partial charge in [0.1, 0.15) is 0 Å². The van der Waals surface area contributed by atoms with Crippen LogP contribution in [0.15, 0.2) is 42.5 Å². The van der Waals surface area contributed by atoms with Crippen molar-refractivity contribution < 1.29 is 23.8 Å². The smallest absolute Gasteiger partial charge is 0.411 e. The molecule has 0 radical (unpaired) electrons. The van der Waals surface area contributed by atoms with Crippen molar-refractivity contribution in [3.05, 3.63) is 48.0 Å². The van der Waals surface area contributed by atoms with Crippen LogP contribution in [-0.4, -0.2) is 32.3 Å². The molecule has 2 amide bonds. The Bertz CT molecular complexity index is 829. The third-order valence-corrected chi connectivity index (χ3v) is 4.60. The highest BCUT2D eigenvalue weighted by atomic mass is 16.5. The molecule has 0 bridgehead atoms. The van der Waals surface area contributed by atoms with Gasteiger partial charge < -0.3 is 19.5 Å². The first-order valence-corrected chi connectivity index (χ1v) is 9.20. The van der Waals surface area contributed by atoms with Crippen molar-refractivity contribution in [1.82, 2.24) is 0 Å². The van der Waals surface area contributed by atoms with Crippen molar-refractivity contribution in [2.24, 2.45) is 0 Å². The lowest BCUT2D eigenvalue weighted by Gasteiger charge is -2.17. The third-order valence-electron chi connectivity index (χ3n) is 4.60. The van der Waals surface area contributed by atoms with Crippen LogP contribution in [0.3, 0.4) is 0 Å². The Morgan fingerprint density at radius 2 is 1.54 bits per heavy atom. The van der Waals surface area contributed by atoms with Crippen molar-refractivity contribution in [2.75, 3.05) is 24.9 Å². The summed E-state index contributed by atoms with van der Waals surface area (Å²) in [4.78, 5) is 23.8. The normalized spacial score (nSPS) is 13.6. The maximum absolute atomic E-state index is 12.6. The molecule has 0 atom stereocenters.